The number of carbonyl (C=O) groups excluding carboxylic acids is 1. The quantitative estimate of drug-likeness (QED) is 0.714. The Morgan fingerprint density at radius 2 is 1.78 bits per heavy atom. The minimum atomic E-state index is -0.439. The highest BCUT2D eigenvalue weighted by Crippen LogP contribution is 2.23. The lowest BCUT2D eigenvalue weighted by Crippen LogP contribution is -2.43. The van der Waals surface area contributed by atoms with Gasteiger partial charge in [-0.3, -0.25) is 0 Å². The van der Waals surface area contributed by atoms with Crippen LogP contribution in [0, 0.1) is 17.8 Å². The smallest absolute Gasteiger partial charge is 0.407 e. The molecule has 1 rings (SSSR count). The number of ether oxygens (including phenoxy) is 1. The first-order chi connectivity index (χ1) is 10.7. The fourth-order valence-corrected chi connectivity index (χ4v) is 3.17. The lowest BCUT2D eigenvalue weighted by Gasteiger charge is -2.28. The Morgan fingerprint density at radius 1 is 1.13 bits per heavy atom. The number of carbonyl (C=O) groups is 1. The van der Waals surface area contributed by atoms with Crippen LogP contribution in [0.1, 0.15) is 73.6 Å². The van der Waals surface area contributed by atoms with Crippen molar-refractivity contribution in [3.63, 3.8) is 0 Å². The van der Waals surface area contributed by atoms with E-state index < -0.39 is 5.60 Å². The average molecular weight is 327 g/mol. The molecule has 0 aromatic rings. The maximum absolute atomic E-state index is 11.8. The highest BCUT2D eigenvalue weighted by Gasteiger charge is 2.23. The second-order valence-electron chi connectivity index (χ2n) is 8.52. The topological polar surface area (TPSA) is 50.4 Å². The van der Waals surface area contributed by atoms with Crippen LogP contribution >= 0.6 is 0 Å². The molecular formula is C19H38N2O2. The van der Waals surface area contributed by atoms with Gasteiger partial charge in [-0.2, -0.15) is 0 Å². The van der Waals surface area contributed by atoms with E-state index in [4.69, 9.17) is 4.74 Å². The van der Waals surface area contributed by atoms with E-state index >= 15 is 0 Å². The molecular weight excluding hydrogens is 288 g/mol. The number of nitrogens with one attached hydrogen (secondary N) is 2. The van der Waals surface area contributed by atoms with E-state index in [2.05, 4.69) is 31.4 Å². The van der Waals surface area contributed by atoms with Gasteiger partial charge in [-0.05, 0) is 51.4 Å². The minimum absolute atomic E-state index is 0.314. The predicted octanol–water partition coefficient (Wildman–Crippen LogP) is 4.34. The van der Waals surface area contributed by atoms with Gasteiger partial charge in [0.05, 0.1) is 0 Å². The Labute approximate surface area is 143 Å². The molecule has 1 saturated carbocycles. The van der Waals surface area contributed by atoms with Crippen molar-refractivity contribution in [3.8, 4) is 0 Å². The molecule has 136 valence electrons. The van der Waals surface area contributed by atoms with Crippen molar-refractivity contribution in [1.29, 1.82) is 0 Å². The van der Waals surface area contributed by atoms with Crippen LogP contribution in [-0.4, -0.2) is 30.8 Å². The van der Waals surface area contributed by atoms with Crippen molar-refractivity contribution in [3.05, 3.63) is 0 Å². The van der Waals surface area contributed by atoms with Gasteiger partial charge in [0.1, 0.15) is 5.60 Å². The maximum Gasteiger partial charge on any atom is 0.407 e. The van der Waals surface area contributed by atoms with Crippen LogP contribution in [0.2, 0.25) is 0 Å². The molecule has 4 nitrogen and oxygen atoms in total. The van der Waals surface area contributed by atoms with Crippen molar-refractivity contribution in [2.45, 2.75) is 85.3 Å². The van der Waals surface area contributed by atoms with Crippen LogP contribution in [0.5, 0.6) is 0 Å². The number of alkyl carbamates (subject to hydrolysis) is 1. The van der Waals surface area contributed by atoms with Gasteiger partial charge in [-0.1, -0.05) is 40.0 Å². The molecule has 0 radical (unpaired) electrons. The summed E-state index contributed by atoms with van der Waals surface area (Å²) in [4.78, 5) is 11.8. The zero-order valence-electron chi connectivity index (χ0n) is 16.1. The normalized spacial score (nSPS) is 24.1. The number of hydrogen-bond donors (Lipinski definition) is 2. The molecule has 0 saturated heterocycles. The molecule has 4 heteroatoms. The summed E-state index contributed by atoms with van der Waals surface area (Å²) in [6.45, 7) is 14.1. The number of hydrogen-bond acceptors (Lipinski definition) is 3. The van der Waals surface area contributed by atoms with Crippen LogP contribution in [0.15, 0.2) is 0 Å². The third-order valence-electron chi connectivity index (χ3n) is 4.85. The monoisotopic (exact) mass is 326 g/mol. The van der Waals surface area contributed by atoms with Crippen molar-refractivity contribution < 1.29 is 9.53 Å². The van der Waals surface area contributed by atoms with E-state index in [0.717, 1.165) is 12.5 Å². The number of rotatable bonds is 6. The molecule has 1 fully saturated rings. The van der Waals surface area contributed by atoms with Crippen LogP contribution in [0.25, 0.3) is 0 Å². The van der Waals surface area contributed by atoms with Crippen LogP contribution in [0.3, 0.4) is 0 Å². The Hall–Kier alpha value is -0.770. The largest absolute Gasteiger partial charge is 0.444 e. The molecule has 2 N–H and O–H groups in total. The fourth-order valence-electron chi connectivity index (χ4n) is 3.17. The predicted molar refractivity (Wildman–Crippen MR) is 96.6 cm³/mol. The van der Waals surface area contributed by atoms with E-state index in [1.165, 1.54) is 32.1 Å². The Balaban J connectivity index is 2.41. The molecule has 0 aromatic heterocycles. The number of amides is 1. The van der Waals surface area contributed by atoms with E-state index in [1.807, 2.05) is 20.8 Å². The Kier molecular flexibility index (Phi) is 8.38. The van der Waals surface area contributed by atoms with Gasteiger partial charge in [0.25, 0.3) is 0 Å². The third kappa shape index (κ3) is 8.59. The lowest BCUT2D eigenvalue weighted by atomic mass is 9.93. The molecule has 0 spiro atoms. The molecule has 0 aliphatic heterocycles. The zero-order chi connectivity index (χ0) is 17.5. The molecule has 0 aromatic carbocycles. The standard InChI is InChI=1S/C19H38N2O2/c1-14(2)16(13-21-18(22)23-19(4,5)6)12-20-17-11-9-7-8-10-15(17)3/h14-17,20H,7-13H2,1-6H3,(H,21,22). The van der Waals surface area contributed by atoms with Gasteiger partial charge < -0.3 is 15.4 Å². The summed E-state index contributed by atoms with van der Waals surface area (Å²) in [5.74, 6) is 1.71. The first-order valence-electron chi connectivity index (χ1n) is 9.39. The van der Waals surface area contributed by atoms with Crippen LogP contribution < -0.4 is 10.6 Å². The molecule has 1 aliphatic rings. The van der Waals surface area contributed by atoms with Gasteiger partial charge in [0.15, 0.2) is 0 Å². The van der Waals surface area contributed by atoms with Gasteiger partial charge in [0.2, 0.25) is 0 Å². The second kappa shape index (κ2) is 9.51. The summed E-state index contributed by atoms with van der Waals surface area (Å²) in [6, 6.07) is 0.625. The van der Waals surface area contributed by atoms with E-state index in [1.54, 1.807) is 0 Å². The lowest BCUT2D eigenvalue weighted by molar-refractivity contribution is 0.0514. The van der Waals surface area contributed by atoms with E-state index in [0.29, 0.717) is 24.4 Å². The highest BCUT2D eigenvalue weighted by atomic mass is 16.6. The molecule has 0 heterocycles. The summed E-state index contributed by atoms with van der Waals surface area (Å²) in [7, 11) is 0. The van der Waals surface area contributed by atoms with Gasteiger partial charge in [0, 0.05) is 19.1 Å². The Bertz CT molecular complexity index is 350. The van der Waals surface area contributed by atoms with E-state index in [9.17, 15) is 4.79 Å². The molecule has 3 atom stereocenters. The van der Waals surface area contributed by atoms with Gasteiger partial charge >= 0.3 is 6.09 Å². The highest BCUT2D eigenvalue weighted by molar-refractivity contribution is 5.67. The Morgan fingerprint density at radius 3 is 2.39 bits per heavy atom. The minimum Gasteiger partial charge on any atom is -0.444 e. The van der Waals surface area contributed by atoms with Gasteiger partial charge in [-0.15, -0.1) is 0 Å². The van der Waals surface area contributed by atoms with Crippen LogP contribution in [0.4, 0.5) is 4.79 Å². The zero-order valence-corrected chi connectivity index (χ0v) is 16.1. The van der Waals surface area contributed by atoms with E-state index in [-0.39, 0.29) is 6.09 Å². The summed E-state index contributed by atoms with van der Waals surface area (Å²) >= 11 is 0. The van der Waals surface area contributed by atoms with Gasteiger partial charge in [-0.25, -0.2) is 4.79 Å². The fraction of sp³-hybridized carbons (Fsp3) is 0.947. The molecule has 1 amide bonds. The molecule has 1 aliphatic carbocycles. The van der Waals surface area contributed by atoms with Crippen molar-refractivity contribution in [1.82, 2.24) is 10.6 Å². The first-order valence-corrected chi connectivity index (χ1v) is 9.39. The van der Waals surface area contributed by atoms with Crippen molar-refractivity contribution in [2.24, 2.45) is 17.8 Å². The average Bonchev–Trinajstić information content (AvgIpc) is 2.61. The van der Waals surface area contributed by atoms with Crippen molar-refractivity contribution >= 4 is 6.09 Å². The summed E-state index contributed by atoms with van der Waals surface area (Å²) < 4.78 is 5.33. The molecule has 0 bridgehead atoms. The summed E-state index contributed by atoms with van der Waals surface area (Å²) in [6.07, 6.45) is 6.38. The summed E-state index contributed by atoms with van der Waals surface area (Å²) in [5.41, 5.74) is -0.439. The SMILES string of the molecule is CC(C)C(CNC(=O)OC(C)(C)C)CNC1CCCCCC1C. The van der Waals surface area contributed by atoms with Crippen molar-refractivity contribution in [2.75, 3.05) is 13.1 Å². The second-order valence-corrected chi connectivity index (χ2v) is 8.52. The third-order valence-corrected chi connectivity index (χ3v) is 4.85. The first kappa shape index (κ1) is 20.3. The molecule has 3 unspecified atom stereocenters. The summed E-state index contributed by atoms with van der Waals surface area (Å²) in [5, 5.41) is 6.70. The maximum atomic E-state index is 11.8. The molecule has 23 heavy (non-hydrogen) atoms. The van der Waals surface area contributed by atoms with Crippen LogP contribution in [-0.2, 0) is 4.74 Å².